The van der Waals surface area contributed by atoms with Crippen LogP contribution < -0.4 is 5.32 Å². The van der Waals surface area contributed by atoms with Crippen molar-refractivity contribution >= 4 is 17.7 Å². The molecular formula is C13H14FN5OS. The second-order valence-corrected chi connectivity index (χ2v) is 6.00. The summed E-state index contributed by atoms with van der Waals surface area (Å²) < 4.78 is 13.0. The minimum atomic E-state index is -0.524. The number of rotatable bonds is 5. The van der Waals surface area contributed by atoms with E-state index in [-0.39, 0.29) is 11.7 Å². The standard InChI is InChI=1S/C13H14FN5OS/c14-10-3-1-9(2-4-10)12(13-16-18-19-17-13)15-11(20)5-8-6-21-7-8/h1-4,8,12H,5-7H2,(H,15,20)(H,16,17,18,19). The molecule has 1 aliphatic rings. The smallest absolute Gasteiger partial charge is 0.221 e. The summed E-state index contributed by atoms with van der Waals surface area (Å²) in [6, 6.07) is 5.38. The monoisotopic (exact) mass is 307 g/mol. The Hall–Kier alpha value is -1.96. The van der Waals surface area contributed by atoms with Crippen LogP contribution in [0, 0.1) is 11.7 Å². The molecule has 1 unspecified atom stereocenters. The van der Waals surface area contributed by atoms with Gasteiger partial charge in [-0.05, 0) is 35.1 Å². The summed E-state index contributed by atoms with van der Waals surface area (Å²) in [5.74, 6) is 2.46. The number of carbonyl (C=O) groups excluding carboxylic acids is 1. The summed E-state index contributed by atoms with van der Waals surface area (Å²) in [5.41, 5.74) is 0.717. The summed E-state index contributed by atoms with van der Waals surface area (Å²) in [5, 5.41) is 16.6. The number of benzene rings is 1. The Labute approximate surface area is 124 Å². The molecule has 1 saturated heterocycles. The van der Waals surface area contributed by atoms with Gasteiger partial charge in [-0.25, -0.2) is 4.39 Å². The molecule has 1 amide bonds. The zero-order valence-electron chi connectivity index (χ0n) is 11.1. The van der Waals surface area contributed by atoms with Crippen molar-refractivity contribution in [3.05, 3.63) is 41.5 Å². The zero-order valence-corrected chi connectivity index (χ0v) is 11.9. The van der Waals surface area contributed by atoms with E-state index in [9.17, 15) is 9.18 Å². The van der Waals surface area contributed by atoms with E-state index in [1.807, 2.05) is 11.8 Å². The third-order valence-corrected chi connectivity index (χ3v) is 4.72. The molecule has 2 aromatic rings. The van der Waals surface area contributed by atoms with Gasteiger partial charge in [0.25, 0.3) is 0 Å². The third-order valence-electron chi connectivity index (χ3n) is 3.31. The van der Waals surface area contributed by atoms with Crippen LogP contribution in [0.25, 0.3) is 0 Å². The van der Waals surface area contributed by atoms with Crippen LogP contribution in [-0.4, -0.2) is 38.0 Å². The van der Waals surface area contributed by atoms with Crippen molar-refractivity contribution in [2.24, 2.45) is 5.92 Å². The van der Waals surface area contributed by atoms with E-state index in [1.54, 1.807) is 12.1 Å². The van der Waals surface area contributed by atoms with Crippen LogP contribution in [0.15, 0.2) is 24.3 Å². The highest BCUT2D eigenvalue weighted by Gasteiger charge is 2.25. The molecule has 21 heavy (non-hydrogen) atoms. The minimum absolute atomic E-state index is 0.0561. The Morgan fingerprint density at radius 1 is 1.43 bits per heavy atom. The van der Waals surface area contributed by atoms with E-state index in [0.717, 1.165) is 11.5 Å². The Bertz CT molecular complexity index is 600. The molecular weight excluding hydrogens is 293 g/mol. The first kappa shape index (κ1) is 14.0. The molecule has 2 heterocycles. The molecule has 3 rings (SSSR count). The van der Waals surface area contributed by atoms with Crippen molar-refractivity contribution in [1.82, 2.24) is 25.9 Å². The maximum absolute atomic E-state index is 13.0. The number of aromatic nitrogens is 4. The van der Waals surface area contributed by atoms with Gasteiger partial charge in [0.05, 0.1) is 0 Å². The lowest BCUT2D eigenvalue weighted by molar-refractivity contribution is -0.122. The van der Waals surface area contributed by atoms with Gasteiger partial charge in [-0.3, -0.25) is 4.79 Å². The summed E-state index contributed by atoms with van der Waals surface area (Å²) in [7, 11) is 0. The number of H-pyrrole nitrogens is 1. The van der Waals surface area contributed by atoms with Gasteiger partial charge in [0.1, 0.15) is 11.9 Å². The summed E-state index contributed by atoms with van der Waals surface area (Å²) in [4.78, 5) is 12.1. The summed E-state index contributed by atoms with van der Waals surface area (Å²) >= 11 is 1.84. The molecule has 110 valence electrons. The molecule has 1 atom stereocenters. The van der Waals surface area contributed by atoms with Crippen molar-refractivity contribution in [2.45, 2.75) is 12.5 Å². The maximum Gasteiger partial charge on any atom is 0.221 e. The van der Waals surface area contributed by atoms with E-state index >= 15 is 0 Å². The van der Waals surface area contributed by atoms with Crippen molar-refractivity contribution in [1.29, 1.82) is 0 Å². The first-order valence-corrected chi connectivity index (χ1v) is 7.74. The molecule has 8 heteroatoms. The number of nitrogens with one attached hydrogen (secondary N) is 2. The largest absolute Gasteiger partial charge is 0.342 e. The number of hydrogen-bond donors (Lipinski definition) is 2. The van der Waals surface area contributed by atoms with Gasteiger partial charge < -0.3 is 5.32 Å². The van der Waals surface area contributed by atoms with Crippen molar-refractivity contribution in [2.75, 3.05) is 11.5 Å². The van der Waals surface area contributed by atoms with Gasteiger partial charge >= 0.3 is 0 Å². The SMILES string of the molecule is O=C(CC1CSC1)NC(c1ccc(F)cc1)c1nn[nH]n1. The molecule has 0 spiro atoms. The lowest BCUT2D eigenvalue weighted by Gasteiger charge is -2.25. The van der Waals surface area contributed by atoms with Crippen LogP contribution in [0.5, 0.6) is 0 Å². The molecule has 2 N–H and O–H groups in total. The normalized spacial score (nSPS) is 16.2. The van der Waals surface area contributed by atoms with Crippen LogP contribution in [0.4, 0.5) is 4.39 Å². The third kappa shape index (κ3) is 3.38. The maximum atomic E-state index is 13.0. The van der Waals surface area contributed by atoms with Crippen molar-refractivity contribution in [3.63, 3.8) is 0 Å². The molecule has 0 radical (unpaired) electrons. The van der Waals surface area contributed by atoms with Crippen LogP contribution in [-0.2, 0) is 4.79 Å². The Morgan fingerprint density at radius 3 is 2.76 bits per heavy atom. The number of thioether (sulfide) groups is 1. The highest BCUT2D eigenvalue weighted by molar-refractivity contribution is 8.00. The second-order valence-electron chi connectivity index (χ2n) is 4.93. The van der Waals surface area contributed by atoms with Gasteiger partial charge in [-0.1, -0.05) is 17.3 Å². The Kier molecular flexibility index (Phi) is 4.14. The number of amides is 1. The van der Waals surface area contributed by atoms with E-state index in [1.165, 1.54) is 12.1 Å². The fraction of sp³-hybridized carbons (Fsp3) is 0.385. The predicted octanol–water partition coefficient (Wildman–Crippen LogP) is 1.30. The first-order valence-electron chi connectivity index (χ1n) is 6.58. The van der Waals surface area contributed by atoms with Crippen molar-refractivity contribution in [3.8, 4) is 0 Å². The fourth-order valence-corrected chi connectivity index (χ4v) is 2.93. The molecule has 0 saturated carbocycles. The highest BCUT2D eigenvalue weighted by atomic mass is 32.2. The van der Waals surface area contributed by atoms with Gasteiger partial charge in [0, 0.05) is 6.42 Å². The quantitative estimate of drug-likeness (QED) is 0.870. The van der Waals surface area contributed by atoms with Gasteiger partial charge in [0.15, 0.2) is 0 Å². The first-order chi connectivity index (χ1) is 10.2. The van der Waals surface area contributed by atoms with Crippen LogP contribution >= 0.6 is 11.8 Å². The number of hydrogen-bond acceptors (Lipinski definition) is 5. The number of nitrogens with zero attached hydrogens (tertiary/aromatic N) is 3. The Balaban J connectivity index is 1.76. The molecule has 1 aromatic carbocycles. The lowest BCUT2D eigenvalue weighted by atomic mass is 10.0. The Morgan fingerprint density at radius 2 is 2.19 bits per heavy atom. The molecule has 1 aromatic heterocycles. The van der Waals surface area contributed by atoms with E-state index in [4.69, 9.17) is 0 Å². The number of carbonyl (C=O) groups is 1. The van der Waals surface area contributed by atoms with Gasteiger partial charge in [-0.2, -0.15) is 17.0 Å². The van der Waals surface area contributed by atoms with E-state index in [2.05, 4.69) is 25.9 Å². The fourth-order valence-electron chi connectivity index (χ4n) is 2.13. The topological polar surface area (TPSA) is 83.6 Å². The minimum Gasteiger partial charge on any atom is -0.342 e. The molecule has 1 aliphatic heterocycles. The van der Waals surface area contributed by atoms with E-state index < -0.39 is 6.04 Å². The molecule has 0 bridgehead atoms. The van der Waals surface area contributed by atoms with Crippen LogP contribution in [0.2, 0.25) is 0 Å². The van der Waals surface area contributed by atoms with Gasteiger partial charge in [0.2, 0.25) is 11.7 Å². The van der Waals surface area contributed by atoms with Crippen molar-refractivity contribution < 1.29 is 9.18 Å². The number of halogens is 1. The number of tetrazole rings is 1. The molecule has 1 fully saturated rings. The summed E-state index contributed by atoms with van der Waals surface area (Å²) in [6.45, 7) is 0. The average Bonchev–Trinajstić information content (AvgIpc) is 2.95. The highest BCUT2D eigenvalue weighted by Crippen LogP contribution is 2.28. The van der Waals surface area contributed by atoms with E-state index in [0.29, 0.717) is 23.7 Å². The van der Waals surface area contributed by atoms with Gasteiger partial charge in [-0.15, -0.1) is 10.2 Å². The molecule has 0 aliphatic carbocycles. The average molecular weight is 307 g/mol. The number of aromatic amines is 1. The predicted molar refractivity (Wildman–Crippen MR) is 76.0 cm³/mol. The lowest BCUT2D eigenvalue weighted by Crippen LogP contribution is -2.34. The van der Waals surface area contributed by atoms with Crippen LogP contribution in [0.1, 0.15) is 23.9 Å². The zero-order chi connectivity index (χ0) is 14.7. The second kappa shape index (κ2) is 6.21. The molecule has 6 nitrogen and oxygen atoms in total. The van der Waals surface area contributed by atoms with Crippen LogP contribution in [0.3, 0.4) is 0 Å². The summed E-state index contributed by atoms with van der Waals surface area (Å²) in [6.07, 6.45) is 0.489.